The number of nitrogens with one attached hydrogen (secondary N) is 8. The summed E-state index contributed by atoms with van der Waals surface area (Å²) in [6.07, 6.45) is -15.1. The molecular formula is C89H141N12O40PS2. The van der Waals surface area contributed by atoms with Crippen LogP contribution in [0.15, 0.2) is 35.3 Å². The molecule has 2 aromatic heterocycles. The highest BCUT2D eigenvalue weighted by Gasteiger charge is 2.36. The van der Waals surface area contributed by atoms with Crippen molar-refractivity contribution in [3.05, 3.63) is 57.6 Å². The second-order valence-corrected chi connectivity index (χ2v) is 37.4. The zero-order valence-electron chi connectivity index (χ0n) is 80.4. The number of nitrogens with two attached hydrogens (primary N) is 1. The molecule has 0 bridgehead atoms. The molecule has 144 heavy (non-hydrogen) atoms. The second kappa shape index (κ2) is 77.2. The number of carboxylic acid groups (broad SMARTS) is 2. The lowest BCUT2D eigenvalue weighted by atomic mass is 9.92. The van der Waals surface area contributed by atoms with Crippen LogP contribution in [0.2, 0.25) is 0 Å². The number of carbonyl (C=O) groups excluding carboxylic acids is 16. The zero-order chi connectivity index (χ0) is 109. The van der Waals surface area contributed by atoms with E-state index in [4.69, 9.17) is 44.8 Å². The molecule has 28 N–H and O–H groups in total. The topological polar surface area (TPSA) is 889 Å². The first-order valence-corrected chi connectivity index (χ1v) is 50.6. The molecule has 0 saturated carbocycles. The Morgan fingerprint density at radius 2 is 0.875 bits per heavy atom. The molecule has 1 aromatic carbocycles. The van der Waals surface area contributed by atoms with Crippen LogP contribution >= 0.6 is 29.4 Å². The number of aryl methyl sites for hydroxylation is 2. The van der Waals surface area contributed by atoms with E-state index in [1.165, 1.54) is 34.7 Å². The van der Waals surface area contributed by atoms with Gasteiger partial charge in [0, 0.05) is 134 Å². The Kier molecular flexibility index (Phi) is 71.8. The molecule has 1 unspecified atom stereocenters. The van der Waals surface area contributed by atoms with Gasteiger partial charge in [0.25, 0.3) is 5.56 Å². The maximum atomic E-state index is 13.5. The number of Topliss-reactive ketones (excluding diaryl/α,β-unsaturated/α-hetero) is 5. The molecule has 0 aliphatic heterocycles. The molecule has 0 fully saturated rings. The summed E-state index contributed by atoms with van der Waals surface area (Å²) in [6, 6.07) is 3.18. The summed E-state index contributed by atoms with van der Waals surface area (Å²) < 4.78 is 20.4. The van der Waals surface area contributed by atoms with Crippen LogP contribution in [-0.2, 0) is 108 Å². The smallest absolute Gasteiger partial charge is 0.471 e. The summed E-state index contributed by atoms with van der Waals surface area (Å²) in [5.74, 6) is -10.4. The number of aliphatic carboxylic acids is 2. The molecule has 0 spiro atoms. The van der Waals surface area contributed by atoms with Gasteiger partial charge in [-0.15, -0.1) is 0 Å². The van der Waals surface area contributed by atoms with Gasteiger partial charge in [0.2, 0.25) is 47.3 Å². The largest absolute Gasteiger partial charge is 0.481 e. The number of aliphatic hydroxyl groups excluding tert-OH is 15. The van der Waals surface area contributed by atoms with Crippen LogP contribution in [0.1, 0.15) is 222 Å². The maximum absolute atomic E-state index is 13.5. The number of carboxylic acids is 2. The minimum absolute atomic E-state index is 0.0442. The van der Waals surface area contributed by atoms with Crippen LogP contribution in [0.4, 0.5) is 5.95 Å². The van der Waals surface area contributed by atoms with Crippen molar-refractivity contribution >= 4 is 141 Å². The number of hydrogen-bond acceptors (Lipinski definition) is 43. The van der Waals surface area contributed by atoms with Gasteiger partial charge < -0.3 is 135 Å². The van der Waals surface area contributed by atoms with E-state index in [1.54, 1.807) is 19.1 Å². The van der Waals surface area contributed by atoms with Crippen molar-refractivity contribution in [2.24, 2.45) is 11.8 Å². The molecule has 55 heteroatoms. The number of carbonyl (C=O) groups is 14. The molecule has 52 nitrogen and oxygen atoms in total. The molecule has 18 atom stereocenters. The number of hydrogen-bond donors (Lipinski definition) is 27. The molecule has 0 saturated heterocycles. The van der Waals surface area contributed by atoms with Crippen molar-refractivity contribution in [3.8, 4) is 0 Å². The van der Waals surface area contributed by atoms with Crippen LogP contribution in [0.5, 0.6) is 0 Å². The van der Waals surface area contributed by atoms with Gasteiger partial charge in [-0.05, 0) is 95.5 Å². The number of fused-ring (bicyclic) bond motifs is 1. The Hall–Kier alpha value is -10.2. The number of anilines is 1. The van der Waals surface area contributed by atoms with Crippen molar-refractivity contribution in [1.29, 1.82) is 0 Å². The lowest BCUT2D eigenvalue weighted by Gasteiger charge is -2.25. The molecule has 814 valence electrons. The van der Waals surface area contributed by atoms with Crippen molar-refractivity contribution in [2.45, 2.75) is 304 Å². The third-order valence-electron chi connectivity index (χ3n) is 22.0. The minimum atomic E-state index is -3.96. The third-order valence-corrected chi connectivity index (χ3v) is 25.4. The van der Waals surface area contributed by atoms with Gasteiger partial charge in [0.05, 0.1) is 86.6 Å². The fourth-order valence-corrected chi connectivity index (χ4v) is 15.9. The first-order chi connectivity index (χ1) is 68.2. The first kappa shape index (κ1) is 134. The average molecular weight is 2110 g/mol. The van der Waals surface area contributed by atoms with Crippen LogP contribution in [0.3, 0.4) is 0 Å². The minimum Gasteiger partial charge on any atom is -0.481 e. The molecule has 7 amide bonds. The van der Waals surface area contributed by atoms with Crippen molar-refractivity contribution < 1.29 is 192 Å². The van der Waals surface area contributed by atoms with E-state index < -0.39 is 253 Å². The number of benzene rings is 1. The first-order valence-electron chi connectivity index (χ1n) is 46.6. The Bertz CT molecular complexity index is 4570. The number of phosphoric ester groups is 1. The molecule has 3 rings (SSSR count). The number of amides is 7. The lowest BCUT2D eigenvalue weighted by Crippen LogP contribution is -2.49. The normalized spacial score (nSPS) is 15.1. The van der Waals surface area contributed by atoms with Crippen LogP contribution < -0.4 is 48.5 Å². The number of phosphoric acid groups is 1. The molecule has 0 aliphatic rings. The van der Waals surface area contributed by atoms with E-state index in [1.807, 2.05) is 12.1 Å². The Labute approximate surface area is 836 Å². The highest BCUT2D eigenvalue weighted by atomic mass is 33.1. The summed E-state index contributed by atoms with van der Waals surface area (Å²) in [4.78, 5) is 246. The predicted molar refractivity (Wildman–Crippen MR) is 507 cm³/mol. The summed E-state index contributed by atoms with van der Waals surface area (Å²) in [6.45, 7) is -0.805. The number of nitrogens with zero attached hydrogens (tertiary/aromatic N) is 3. The number of unbranched alkanes of at least 4 members (excludes halogenated alkanes) is 7. The molecule has 2 heterocycles. The third kappa shape index (κ3) is 58.8. The highest BCUT2D eigenvalue weighted by molar-refractivity contribution is 8.76. The predicted octanol–water partition coefficient (Wildman–Crippen LogP) is -4.52. The van der Waals surface area contributed by atoms with Crippen molar-refractivity contribution in [2.75, 3.05) is 77.0 Å². The van der Waals surface area contributed by atoms with Crippen LogP contribution in [0, 0.1) is 11.8 Å². The lowest BCUT2D eigenvalue weighted by molar-refractivity contribution is -0.193. The second-order valence-electron chi connectivity index (χ2n) is 33.1. The van der Waals surface area contributed by atoms with Gasteiger partial charge in [-0.3, -0.25) is 85.9 Å². The van der Waals surface area contributed by atoms with Gasteiger partial charge in [0.1, 0.15) is 60.7 Å². The summed E-state index contributed by atoms with van der Waals surface area (Å²) >= 11 is 0. The average Bonchev–Trinajstić information content (AvgIpc) is 0.808. The number of rotatable bonds is 77. The van der Waals surface area contributed by atoms with E-state index in [2.05, 4.69) is 61.7 Å². The van der Waals surface area contributed by atoms with Crippen LogP contribution in [-0.4, -0.2) is 369 Å². The summed E-state index contributed by atoms with van der Waals surface area (Å²) in [5.41, 5.74) is 7.31. The molecular weight excluding hydrogens is 1970 g/mol. The van der Waals surface area contributed by atoms with Gasteiger partial charge >= 0.3 is 32.1 Å². The van der Waals surface area contributed by atoms with Gasteiger partial charge in [-0.25, -0.2) is 14.5 Å². The van der Waals surface area contributed by atoms with Gasteiger partial charge in [-0.2, -0.15) is 24.2 Å². The standard InChI is InChI=1S/C51H92N5O24PS2.C36H49N7O12.2CO2/c1-3-42(66)55-35(18-21-45(69)54-29-39(63)48(72)50(74)41(65)31-58)37(61)27-32(51(75)76)16-19-46(70)56-34(17-20-44(68)53-28-38(62)47(71)49(73)40(64)30-57)36(60)14-12-25-82-83-26-22-33(59)13-8-4-5-9-15-43(67)52-23-10-6-7-11-24-80-81(77,78)79-2;1-2-20(35(54)55)15-25(46)23(13-14-28(49)38-17-26(47)31(51)32(52)27(48)18-44)41-29(50)6-4-3-5-24(45)21-10-7-19(8-11-21)9-12-22-16-39-33-30(40-22)34(53)43-36(37)42-33;2*2-1-3/h32,34-35,38-41,47-50,57-58,62-65,71-74H,3-31H2,1-2H3,(H,52,67)(H,53,68)(H,54,69)(H,55,66)(H,56,70)(H,75,76)(H,77,78);7-8,10-11,16,20,23,26-27,31-32,44,47-48,51-52H,2-6,9,12-15,17-18H2,1H3,(H,38,49)(H,41,50)(H,54,55)(H3,37,39,42,43,53);;/t32-,34+,35+,38+,39+,40-,41-,47-,48-,49-,50-;20-,23+,26+,27-,31-,32-;;/m11../s1. The Balaban J connectivity index is 0.00000288. The number of nitrogen functional groups attached to an aromatic ring is 1. The monoisotopic (exact) mass is 2110 g/mol. The fraction of sp³-hybridized carbons (Fsp3) is 0.685. The van der Waals surface area contributed by atoms with E-state index in [0.717, 1.165) is 44.8 Å². The number of aliphatic hydroxyl groups is 15. The SMILES string of the molecule is CCC(=O)N[C@@H](CCC(=O)NC[C@H](O)[C@@H](O)[C@H](O)[C@H](O)CO)C(=O)C[C@@H](CCC(=O)N[C@@H](CCC(=O)NC[C@H](O)[C@@H](O)[C@H](O)[C@H](O)CO)C(=O)CCCSSCCC(=O)CCCCCCC(=O)NCCCCCCOP(=O)(O)OC)C(=O)O.CC[C@H](CC(=O)[C@H](CCC(=O)NC[C@H](O)[C@@H](O)[C@H](O)[C@H](O)CO)NC(=O)CCCCC(=O)c1ccc(CCc2cnc3nc(N)[nH]c(=O)c3n2)cc1)C(=O)O.O=C=O.O=C=O. The quantitative estimate of drug-likeness (QED) is 0.0110. The summed E-state index contributed by atoms with van der Waals surface area (Å²) in [5, 5.41) is 182. The van der Waals surface area contributed by atoms with E-state index >= 15 is 0 Å². The van der Waals surface area contributed by atoms with Gasteiger partial charge in [0.15, 0.2) is 34.3 Å². The Morgan fingerprint density at radius 1 is 0.465 bits per heavy atom. The Morgan fingerprint density at radius 3 is 1.35 bits per heavy atom. The van der Waals surface area contributed by atoms with E-state index in [-0.39, 0.29) is 118 Å². The number of H-pyrrole nitrogens is 1. The number of aromatic nitrogens is 4. The zero-order valence-corrected chi connectivity index (χ0v) is 82.9. The van der Waals surface area contributed by atoms with Crippen molar-refractivity contribution in [1.82, 2.24) is 57.2 Å². The highest BCUT2D eigenvalue weighted by Crippen LogP contribution is 2.42. The fourth-order valence-electron chi connectivity index (χ4n) is 13.3. The molecule has 0 aliphatic carbocycles. The van der Waals surface area contributed by atoms with Crippen molar-refractivity contribution in [3.63, 3.8) is 0 Å². The molecule has 0 radical (unpaired) electrons. The number of aromatic amines is 1. The van der Waals surface area contributed by atoms with E-state index in [0.29, 0.717) is 99.9 Å². The summed E-state index contributed by atoms with van der Waals surface area (Å²) in [7, 11) is -0.0106. The molecule has 3 aromatic rings. The van der Waals surface area contributed by atoms with E-state index in [9.17, 15) is 153 Å². The van der Waals surface area contributed by atoms with Gasteiger partial charge in [-0.1, -0.05) is 85.4 Å². The number of ketones is 5. The van der Waals surface area contributed by atoms with Crippen LogP contribution in [0.25, 0.3) is 11.2 Å². The maximum Gasteiger partial charge on any atom is 0.471 e.